The second-order valence-corrected chi connectivity index (χ2v) is 4.98. The maximum atomic E-state index is 9.16. The fourth-order valence-corrected chi connectivity index (χ4v) is 1.49. The zero-order chi connectivity index (χ0) is 13.4. The van der Waals surface area contributed by atoms with Gasteiger partial charge in [0, 0.05) is 30.7 Å². The molecule has 4 heteroatoms. The Kier molecular flexibility index (Phi) is 5.63. The third kappa shape index (κ3) is 4.74. The summed E-state index contributed by atoms with van der Waals surface area (Å²) in [5.74, 6) is 0.730. The molecule has 98 valence electrons. The SMILES string of the molecule is CC(C)(CO)CNCc1ccccc1OCC#N. The van der Waals surface area contributed by atoms with E-state index in [0.29, 0.717) is 6.54 Å². The number of rotatable bonds is 7. The standard InChI is InChI=1S/C14H20N2O2/c1-14(2,11-17)10-16-9-12-5-3-4-6-13(12)18-8-7-15/h3-6,16-17H,8-11H2,1-2H3. The van der Waals surface area contributed by atoms with Crippen LogP contribution in [0, 0.1) is 16.7 Å². The van der Waals surface area contributed by atoms with Gasteiger partial charge in [-0.05, 0) is 6.07 Å². The smallest absolute Gasteiger partial charge is 0.174 e. The van der Waals surface area contributed by atoms with Gasteiger partial charge in [-0.1, -0.05) is 32.0 Å². The minimum Gasteiger partial charge on any atom is -0.478 e. The van der Waals surface area contributed by atoms with Gasteiger partial charge in [-0.3, -0.25) is 0 Å². The molecule has 0 aliphatic heterocycles. The van der Waals surface area contributed by atoms with Gasteiger partial charge in [0.1, 0.15) is 11.8 Å². The minimum absolute atomic E-state index is 0.0547. The van der Waals surface area contributed by atoms with Crippen LogP contribution in [0.4, 0.5) is 0 Å². The molecule has 0 amide bonds. The summed E-state index contributed by atoms with van der Waals surface area (Å²) in [5.41, 5.74) is 0.879. The van der Waals surface area contributed by atoms with Crippen molar-refractivity contribution in [3.63, 3.8) is 0 Å². The van der Waals surface area contributed by atoms with Gasteiger partial charge < -0.3 is 15.2 Å². The first-order valence-corrected chi connectivity index (χ1v) is 5.98. The molecule has 2 N–H and O–H groups in total. The fraction of sp³-hybridized carbons (Fsp3) is 0.500. The highest BCUT2D eigenvalue weighted by Crippen LogP contribution is 2.18. The van der Waals surface area contributed by atoms with Crippen molar-refractivity contribution in [3.8, 4) is 11.8 Å². The molecular formula is C14H20N2O2. The van der Waals surface area contributed by atoms with Crippen LogP contribution in [-0.4, -0.2) is 24.9 Å². The van der Waals surface area contributed by atoms with Gasteiger partial charge in [-0.2, -0.15) is 5.26 Å². The number of benzene rings is 1. The zero-order valence-electron chi connectivity index (χ0n) is 10.9. The van der Waals surface area contributed by atoms with Crippen molar-refractivity contribution < 1.29 is 9.84 Å². The molecule has 0 unspecified atom stereocenters. The predicted molar refractivity (Wildman–Crippen MR) is 70.1 cm³/mol. The largest absolute Gasteiger partial charge is 0.478 e. The van der Waals surface area contributed by atoms with Gasteiger partial charge in [-0.15, -0.1) is 0 Å². The first-order chi connectivity index (χ1) is 8.59. The molecule has 0 radical (unpaired) electrons. The van der Waals surface area contributed by atoms with Crippen molar-refractivity contribution in [2.24, 2.45) is 5.41 Å². The summed E-state index contributed by atoms with van der Waals surface area (Å²) in [6, 6.07) is 9.59. The average molecular weight is 248 g/mol. The molecule has 0 aromatic heterocycles. The van der Waals surface area contributed by atoms with Crippen LogP contribution in [0.15, 0.2) is 24.3 Å². The lowest BCUT2D eigenvalue weighted by Crippen LogP contribution is -2.31. The summed E-state index contributed by atoms with van der Waals surface area (Å²) < 4.78 is 5.34. The molecule has 0 fully saturated rings. The topological polar surface area (TPSA) is 65.3 Å². The molecule has 0 aliphatic rings. The number of nitrogens with zero attached hydrogens (tertiary/aromatic N) is 1. The number of nitrogens with one attached hydrogen (secondary N) is 1. The molecule has 0 saturated heterocycles. The number of aliphatic hydroxyl groups is 1. The van der Waals surface area contributed by atoms with Gasteiger partial charge in [-0.25, -0.2) is 0 Å². The zero-order valence-corrected chi connectivity index (χ0v) is 10.9. The molecule has 0 bridgehead atoms. The Hall–Kier alpha value is -1.57. The third-order valence-electron chi connectivity index (χ3n) is 2.61. The van der Waals surface area contributed by atoms with Gasteiger partial charge in [0.2, 0.25) is 0 Å². The normalized spacial score (nSPS) is 11.0. The van der Waals surface area contributed by atoms with E-state index < -0.39 is 0 Å². The molecule has 0 spiro atoms. The number of aliphatic hydroxyl groups excluding tert-OH is 1. The van der Waals surface area contributed by atoms with Crippen molar-refractivity contribution in [1.29, 1.82) is 5.26 Å². The van der Waals surface area contributed by atoms with Crippen LogP contribution in [0.2, 0.25) is 0 Å². The monoisotopic (exact) mass is 248 g/mol. The Balaban J connectivity index is 2.54. The Labute approximate surface area is 108 Å². The fourth-order valence-electron chi connectivity index (χ4n) is 1.49. The summed E-state index contributed by atoms with van der Waals surface area (Å²) in [6.07, 6.45) is 0. The first kappa shape index (κ1) is 14.5. The van der Waals surface area contributed by atoms with Crippen LogP contribution in [-0.2, 0) is 6.54 Å². The van der Waals surface area contributed by atoms with Gasteiger partial charge >= 0.3 is 0 Å². The summed E-state index contributed by atoms with van der Waals surface area (Å²) in [7, 11) is 0. The van der Waals surface area contributed by atoms with Crippen molar-refractivity contribution in [2.45, 2.75) is 20.4 Å². The van der Waals surface area contributed by atoms with E-state index in [-0.39, 0.29) is 18.6 Å². The highest BCUT2D eigenvalue weighted by molar-refractivity contribution is 5.33. The lowest BCUT2D eigenvalue weighted by molar-refractivity contribution is 0.156. The lowest BCUT2D eigenvalue weighted by Gasteiger charge is -2.22. The number of hydrogen-bond donors (Lipinski definition) is 2. The van der Waals surface area contributed by atoms with Gasteiger partial charge in [0.15, 0.2) is 6.61 Å². The van der Waals surface area contributed by atoms with E-state index in [9.17, 15) is 0 Å². The summed E-state index contributed by atoms with van der Waals surface area (Å²) >= 11 is 0. The number of nitriles is 1. The van der Waals surface area contributed by atoms with E-state index in [4.69, 9.17) is 15.1 Å². The molecule has 0 saturated carbocycles. The molecular weight excluding hydrogens is 228 g/mol. The van der Waals surface area contributed by atoms with Gasteiger partial charge in [0.25, 0.3) is 0 Å². The van der Waals surface area contributed by atoms with Crippen LogP contribution < -0.4 is 10.1 Å². The molecule has 1 aromatic carbocycles. The Morgan fingerprint density at radius 2 is 2.11 bits per heavy atom. The van der Waals surface area contributed by atoms with Crippen LogP contribution >= 0.6 is 0 Å². The maximum absolute atomic E-state index is 9.16. The lowest BCUT2D eigenvalue weighted by atomic mass is 9.95. The van der Waals surface area contributed by atoms with Crippen molar-refractivity contribution in [1.82, 2.24) is 5.32 Å². The van der Waals surface area contributed by atoms with Crippen LogP contribution in [0.5, 0.6) is 5.75 Å². The molecule has 18 heavy (non-hydrogen) atoms. The molecule has 1 rings (SSSR count). The van der Waals surface area contributed by atoms with E-state index in [2.05, 4.69) is 5.32 Å². The summed E-state index contributed by atoms with van der Waals surface area (Å²) in [4.78, 5) is 0. The second kappa shape index (κ2) is 7.00. The maximum Gasteiger partial charge on any atom is 0.174 e. The minimum atomic E-state index is -0.136. The van der Waals surface area contributed by atoms with Crippen LogP contribution in [0.1, 0.15) is 19.4 Å². The van der Waals surface area contributed by atoms with E-state index >= 15 is 0 Å². The van der Waals surface area contributed by atoms with Crippen molar-refractivity contribution in [2.75, 3.05) is 19.8 Å². The Morgan fingerprint density at radius 1 is 1.39 bits per heavy atom. The van der Waals surface area contributed by atoms with Crippen molar-refractivity contribution in [3.05, 3.63) is 29.8 Å². The predicted octanol–water partition coefficient (Wildman–Crippen LogP) is 1.70. The van der Waals surface area contributed by atoms with Crippen LogP contribution in [0.3, 0.4) is 0 Å². The highest BCUT2D eigenvalue weighted by Gasteiger charge is 2.15. The number of hydrogen-bond acceptors (Lipinski definition) is 4. The Morgan fingerprint density at radius 3 is 2.78 bits per heavy atom. The second-order valence-electron chi connectivity index (χ2n) is 4.98. The van der Waals surface area contributed by atoms with E-state index in [1.807, 2.05) is 44.2 Å². The van der Waals surface area contributed by atoms with E-state index in [1.54, 1.807) is 0 Å². The Bertz CT molecular complexity index is 411. The van der Waals surface area contributed by atoms with Crippen molar-refractivity contribution >= 4 is 0 Å². The molecule has 0 atom stereocenters. The molecule has 1 aromatic rings. The molecule has 0 aliphatic carbocycles. The third-order valence-corrected chi connectivity index (χ3v) is 2.61. The quantitative estimate of drug-likeness (QED) is 0.770. The van der Waals surface area contributed by atoms with Crippen LogP contribution in [0.25, 0.3) is 0 Å². The number of para-hydroxylation sites is 1. The molecule has 0 heterocycles. The molecule has 4 nitrogen and oxygen atoms in total. The summed E-state index contributed by atoms with van der Waals surface area (Å²) in [5, 5.41) is 21.0. The average Bonchev–Trinajstić information content (AvgIpc) is 2.37. The highest BCUT2D eigenvalue weighted by atomic mass is 16.5. The first-order valence-electron chi connectivity index (χ1n) is 5.98. The van der Waals surface area contributed by atoms with E-state index in [1.165, 1.54) is 0 Å². The summed E-state index contributed by atoms with van der Waals surface area (Å²) in [6.45, 7) is 5.57. The van der Waals surface area contributed by atoms with E-state index in [0.717, 1.165) is 17.9 Å². The van der Waals surface area contributed by atoms with Gasteiger partial charge in [0.05, 0.1) is 0 Å². The number of ether oxygens (including phenoxy) is 1.